The molecule has 0 fully saturated rings. The third-order valence-corrected chi connectivity index (χ3v) is 6.09. The third-order valence-electron chi connectivity index (χ3n) is 3.07. The number of rotatable bonds is 5. The van der Waals surface area contributed by atoms with Crippen molar-refractivity contribution in [3.8, 4) is 0 Å². The number of nitrogens with zero attached hydrogens (tertiary/aromatic N) is 2. The van der Waals surface area contributed by atoms with Crippen molar-refractivity contribution in [1.82, 2.24) is 15.1 Å². The normalized spacial score (nSPS) is 12.9. The Labute approximate surface area is 134 Å². The number of hydrogen-bond acceptors (Lipinski definition) is 3. The van der Waals surface area contributed by atoms with Crippen LogP contribution in [-0.2, 0) is 13.5 Å². The second-order valence-corrected chi connectivity index (χ2v) is 7.01. The Hall–Kier alpha value is -0.170. The minimum absolute atomic E-state index is 0.311. The summed E-state index contributed by atoms with van der Waals surface area (Å²) < 4.78 is 4.26. The van der Waals surface area contributed by atoms with Crippen LogP contribution in [0.4, 0.5) is 0 Å². The molecule has 1 unspecified atom stereocenters. The van der Waals surface area contributed by atoms with Gasteiger partial charge in [-0.2, -0.15) is 5.10 Å². The third kappa shape index (κ3) is 3.29. The van der Waals surface area contributed by atoms with Crippen LogP contribution in [-0.4, -0.2) is 16.3 Å². The molecule has 3 nitrogen and oxygen atoms in total. The molecule has 2 aromatic heterocycles. The topological polar surface area (TPSA) is 29.9 Å². The molecule has 19 heavy (non-hydrogen) atoms. The molecule has 0 aliphatic carbocycles. The fraction of sp³-hybridized carbons (Fsp3) is 0.462. The molecule has 0 aliphatic heterocycles. The molecule has 1 N–H and O–H groups in total. The molecule has 0 bridgehead atoms. The molecule has 0 spiro atoms. The maximum absolute atomic E-state index is 4.46. The summed E-state index contributed by atoms with van der Waals surface area (Å²) in [6, 6.07) is 2.42. The van der Waals surface area contributed by atoms with E-state index in [1.807, 2.05) is 18.7 Å². The second kappa shape index (κ2) is 6.52. The molecule has 0 saturated heterocycles. The van der Waals surface area contributed by atoms with Crippen LogP contribution in [0.2, 0.25) is 0 Å². The summed E-state index contributed by atoms with van der Waals surface area (Å²) in [6.45, 7) is 5.11. The first kappa shape index (κ1) is 15.2. The first-order valence-electron chi connectivity index (χ1n) is 6.18. The van der Waals surface area contributed by atoms with Gasteiger partial charge in [0.1, 0.15) is 0 Å². The van der Waals surface area contributed by atoms with E-state index in [-0.39, 0.29) is 0 Å². The maximum atomic E-state index is 4.46. The Kier molecular flexibility index (Phi) is 5.22. The Morgan fingerprint density at radius 2 is 2.21 bits per heavy atom. The fourth-order valence-corrected chi connectivity index (χ4v) is 4.38. The zero-order valence-electron chi connectivity index (χ0n) is 11.2. The van der Waals surface area contributed by atoms with Gasteiger partial charge in [-0.15, -0.1) is 11.3 Å². The molecule has 0 radical (unpaired) electrons. The molecule has 2 rings (SSSR count). The maximum Gasteiger partial charge on any atom is 0.0738 e. The van der Waals surface area contributed by atoms with Crippen LogP contribution >= 0.6 is 43.2 Å². The van der Waals surface area contributed by atoms with E-state index in [0.29, 0.717) is 6.04 Å². The smallest absolute Gasteiger partial charge is 0.0738 e. The number of likely N-dealkylation sites (N-methyl/N-ethyl adjacent to an activating group) is 1. The molecule has 0 aliphatic rings. The van der Waals surface area contributed by atoms with Crippen molar-refractivity contribution >= 4 is 43.2 Å². The monoisotopic (exact) mass is 405 g/mol. The van der Waals surface area contributed by atoms with Crippen LogP contribution in [0.5, 0.6) is 0 Å². The summed E-state index contributed by atoms with van der Waals surface area (Å²) in [5, 5.41) is 10.1. The lowest BCUT2D eigenvalue weighted by Gasteiger charge is -2.17. The van der Waals surface area contributed by atoms with Gasteiger partial charge >= 0.3 is 0 Å². The highest BCUT2D eigenvalue weighted by molar-refractivity contribution is 9.10. The lowest BCUT2D eigenvalue weighted by molar-refractivity contribution is 0.533. The van der Waals surface area contributed by atoms with Crippen LogP contribution in [0.1, 0.15) is 29.2 Å². The Morgan fingerprint density at radius 1 is 1.47 bits per heavy atom. The zero-order valence-corrected chi connectivity index (χ0v) is 15.2. The molecule has 2 aromatic rings. The summed E-state index contributed by atoms with van der Waals surface area (Å²) >= 11 is 9.05. The molecular weight excluding hydrogens is 390 g/mol. The number of thiophene rings is 1. The van der Waals surface area contributed by atoms with Gasteiger partial charge < -0.3 is 5.32 Å². The van der Waals surface area contributed by atoms with Crippen LogP contribution in [0.25, 0.3) is 0 Å². The minimum atomic E-state index is 0.311. The van der Waals surface area contributed by atoms with Crippen LogP contribution in [0, 0.1) is 6.92 Å². The van der Waals surface area contributed by atoms with Gasteiger partial charge in [-0.3, -0.25) is 4.68 Å². The highest BCUT2D eigenvalue weighted by Crippen LogP contribution is 2.33. The number of nitrogens with one attached hydrogen (secondary N) is 1. The average molecular weight is 407 g/mol. The van der Waals surface area contributed by atoms with E-state index < -0.39 is 0 Å². The molecule has 0 amide bonds. The number of aromatic nitrogens is 2. The van der Waals surface area contributed by atoms with Crippen molar-refractivity contribution in [2.45, 2.75) is 26.3 Å². The van der Waals surface area contributed by atoms with E-state index in [1.165, 1.54) is 15.0 Å². The predicted molar refractivity (Wildman–Crippen MR) is 87.8 cm³/mol. The number of aryl methyl sites for hydroxylation is 2. The van der Waals surface area contributed by atoms with Crippen LogP contribution in [0.15, 0.2) is 20.4 Å². The van der Waals surface area contributed by atoms with Gasteiger partial charge in [0.15, 0.2) is 0 Å². The van der Waals surface area contributed by atoms with Gasteiger partial charge in [-0.05, 0) is 56.8 Å². The van der Waals surface area contributed by atoms with E-state index in [1.54, 1.807) is 11.3 Å². The predicted octanol–water partition coefficient (Wildman–Crippen LogP) is 4.21. The lowest BCUT2D eigenvalue weighted by atomic mass is 10.1. The molecule has 0 aromatic carbocycles. The summed E-state index contributed by atoms with van der Waals surface area (Å²) in [5.41, 5.74) is 2.27. The van der Waals surface area contributed by atoms with E-state index in [2.05, 4.69) is 60.6 Å². The van der Waals surface area contributed by atoms with Gasteiger partial charge in [-0.1, -0.05) is 6.92 Å². The highest BCUT2D eigenvalue weighted by atomic mass is 79.9. The largest absolute Gasteiger partial charge is 0.309 e. The standard InChI is InChI=1S/C13H17Br2N3S/c1-4-16-10(13-9(14)5-6-19-13)7-11-12(15)8(2)17-18(11)3/h5-6,10,16H,4,7H2,1-3H3. The van der Waals surface area contributed by atoms with Gasteiger partial charge in [-0.25, -0.2) is 0 Å². The van der Waals surface area contributed by atoms with Gasteiger partial charge in [0, 0.05) is 28.9 Å². The quantitative estimate of drug-likeness (QED) is 0.805. The highest BCUT2D eigenvalue weighted by Gasteiger charge is 2.20. The minimum Gasteiger partial charge on any atom is -0.309 e. The van der Waals surface area contributed by atoms with Crippen molar-refractivity contribution in [2.24, 2.45) is 7.05 Å². The van der Waals surface area contributed by atoms with Crippen molar-refractivity contribution in [3.63, 3.8) is 0 Å². The Bertz CT molecular complexity index is 562. The Morgan fingerprint density at radius 3 is 2.68 bits per heavy atom. The number of hydrogen-bond donors (Lipinski definition) is 1. The fourth-order valence-electron chi connectivity index (χ4n) is 2.15. The van der Waals surface area contributed by atoms with Gasteiger partial charge in [0.05, 0.1) is 15.9 Å². The molecule has 1 atom stereocenters. The summed E-state index contributed by atoms with van der Waals surface area (Å²) in [4.78, 5) is 1.34. The van der Waals surface area contributed by atoms with Crippen LogP contribution < -0.4 is 5.32 Å². The summed E-state index contributed by atoms with van der Waals surface area (Å²) in [6.07, 6.45) is 0.922. The van der Waals surface area contributed by atoms with Gasteiger partial charge in [0.25, 0.3) is 0 Å². The van der Waals surface area contributed by atoms with E-state index in [4.69, 9.17) is 0 Å². The van der Waals surface area contributed by atoms with Crippen molar-refractivity contribution in [2.75, 3.05) is 6.54 Å². The lowest BCUT2D eigenvalue weighted by Crippen LogP contribution is -2.23. The first-order chi connectivity index (χ1) is 9.04. The second-order valence-electron chi connectivity index (χ2n) is 4.42. The SMILES string of the molecule is CCNC(Cc1c(Br)c(C)nn1C)c1sccc1Br. The van der Waals surface area contributed by atoms with Crippen molar-refractivity contribution in [1.29, 1.82) is 0 Å². The van der Waals surface area contributed by atoms with Gasteiger partial charge in [0.2, 0.25) is 0 Å². The first-order valence-corrected chi connectivity index (χ1v) is 8.65. The summed E-state index contributed by atoms with van der Waals surface area (Å²) in [7, 11) is 2.00. The molecule has 0 saturated carbocycles. The van der Waals surface area contributed by atoms with Crippen molar-refractivity contribution in [3.05, 3.63) is 36.7 Å². The Balaban J connectivity index is 2.29. The van der Waals surface area contributed by atoms with E-state index in [9.17, 15) is 0 Å². The molecule has 104 valence electrons. The number of halogens is 2. The van der Waals surface area contributed by atoms with E-state index in [0.717, 1.165) is 23.1 Å². The van der Waals surface area contributed by atoms with Crippen molar-refractivity contribution < 1.29 is 0 Å². The molecule has 2 heterocycles. The van der Waals surface area contributed by atoms with Crippen LogP contribution in [0.3, 0.4) is 0 Å². The van der Waals surface area contributed by atoms with E-state index >= 15 is 0 Å². The zero-order chi connectivity index (χ0) is 14.0. The molecule has 6 heteroatoms. The average Bonchev–Trinajstić information content (AvgIpc) is 2.88. The molecular formula is C13H17Br2N3S. The summed E-state index contributed by atoms with van der Waals surface area (Å²) in [5.74, 6) is 0.